The Morgan fingerprint density at radius 1 is 1.19 bits per heavy atom. The maximum absolute atomic E-state index is 5.95. The first kappa shape index (κ1) is 10.9. The molecule has 86 valence electrons. The number of imidazole rings is 1. The summed E-state index contributed by atoms with van der Waals surface area (Å²) in [5.74, 6) is 1.05. The van der Waals surface area contributed by atoms with Gasteiger partial charge in [-0.1, -0.05) is 13.8 Å². The van der Waals surface area contributed by atoms with Crippen molar-refractivity contribution in [2.75, 3.05) is 5.73 Å². The summed E-state index contributed by atoms with van der Waals surface area (Å²) in [5, 5.41) is 0. The molecule has 0 spiro atoms. The second kappa shape index (κ2) is 3.77. The molecule has 2 aromatic heterocycles. The van der Waals surface area contributed by atoms with Gasteiger partial charge < -0.3 is 5.73 Å². The van der Waals surface area contributed by atoms with Gasteiger partial charge in [-0.15, -0.1) is 0 Å². The minimum Gasteiger partial charge on any atom is -0.369 e. The topological polar surface area (TPSA) is 56.7 Å². The van der Waals surface area contributed by atoms with Gasteiger partial charge in [0, 0.05) is 11.7 Å². The van der Waals surface area contributed by atoms with Crippen molar-refractivity contribution in [1.82, 2.24) is 14.5 Å². The van der Waals surface area contributed by atoms with Crippen molar-refractivity contribution in [3.8, 4) is 0 Å². The van der Waals surface area contributed by atoms with Crippen LogP contribution in [0, 0.1) is 12.8 Å². The molecule has 0 aliphatic rings. The standard InChI is InChI=1S/C12H18N4/c1-7(2)9(4)16-11-10(15-12(16)13)6-5-8(3)14-11/h5-7,9H,1-4H3,(H2,13,15). The molecule has 2 N–H and O–H groups in total. The van der Waals surface area contributed by atoms with Crippen LogP contribution in [0.2, 0.25) is 0 Å². The van der Waals surface area contributed by atoms with E-state index in [1.807, 2.05) is 23.6 Å². The van der Waals surface area contributed by atoms with Gasteiger partial charge >= 0.3 is 0 Å². The van der Waals surface area contributed by atoms with Gasteiger partial charge in [0.2, 0.25) is 5.95 Å². The van der Waals surface area contributed by atoms with Crippen molar-refractivity contribution in [3.63, 3.8) is 0 Å². The number of fused-ring (bicyclic) bond motifs is 1. The van der Waals surface area contributed by atoms with E-state index in [2.05, 4.69) is 30.7 Å². The molecule has 0 saturated heterocycles. The number of nitrogen functional groups attached to an aromatic ring is 1. The summed E-state index contributed by atoms with van der Waals surface area (Å²) in [7, 11) is 0. The monoisotopic (exact) mass is 218 g/mol. The smallest absolute Gasteiger partial charge is 0.202 e. The van der Waals surface area contributed by atoms with Gasteiger partial charge in [-0.2, -0.15) is 0 Å². The first-order valence-electron chi connectivity index (χ1n) is 5.61. The largest absolute Gasteiger partial charge is 0.369 e. The number of pyridine rings is 1. The molecule has 0 saturated carbocycles. The van der Waals surface area contributed by atoms with E-state index in [0.29, 0.717) is 17.9 Å². The molecule has 2 rings (SSSR count). The summed E-state index contributed by atoms with van der Waals surface area (Å²) in [6.07, 6.45) is 0. The highest BCUT2D eigenvalue weighted by atomic mass is 15.2. The Balaban J connectivity index is 2.67. The zero-order valence-electron chi connectivity index (χ0n) is 10.2. The fraction of sp³-hybridized carbons (Fsp3) is 0.500. The van der Waals surface area contributed by atoms with Gasteiger partial charge in [0.05, 0.1) is 0 Å². The minimum absolute atomic E-state index is 0.305. The summed E-state index contributed by atoms with van der Waals surface area (Å²) in [6.45, 7) is 8.47. The average molecular weight is 218 g/mol. The fourth-order valence-corrected chi connectivity index (χ4v) is 1.79. The molecule has 0 aliphatic carbocycles. The number of hydrogen-bond donors (Lipinski definition) is 1. The first-order chi connectivity index (χ1) is 7.50. The highest BCUT2D eigenvalue weighted by Gasteiger charge is 2.17. The third-order valence-electron chi connectivity index (χ3n) is 3.08. The number of hydrogen-bond acceptors (Lipinski definition) is 3. The van der Waals surface area contributed by atoms with Crippen LogP contribution in [0.15, 0.2) is 12.1 Å². The second-order valence-corrected chi connectivity index (χ2v) is 4.62. The molecule has 1 atom stereocenters. The predicted octanol–water partition coefficient (Wildman–Crippen LogP) is 2.54. The summed E-state index contributed by atoms with van der Waals surface area (Å²) in [6, 6.07) is 4.23. The van der Waals surface area contributed by atoms with Crippen LogP contribution in [-0.4, -0.2) is 14.5 Å². The van der Waals surface area contributed by atoms with Gasteiger partial charge in [-0.05, 0) is 31.9 Å². The SMILES string of the molecule is Cc1ccc2nc(N)n(C(C)C(C)C)c2n1. The molecule has 2 aromatic rings. The summed E-state index contributed by atoms with van der Waals surface area (Å²) in [5.41, 5.74) is 8.70. The Labute approximate surface area is 95.5 Å². The highest BCUT2D eigenvalue weighted by molar-refractivity contribution is 5.74. The second-order valence-electron chi connectivity index (χ2n) is 4.62. The Bertz CT molecular complexity index is 513. The Morgan fingerprint density at radius 3 is 2.50 bits per heavy atom. The molecule has 0 aromatic carbocycles. The van der Waals surface area contributed by atoms with Crippen molar-refractivity contribution in [2.45, 2.75) is 33.7 Å². The maximum atomic E-state index is 5.95. The lowest BCUT2D eigenvalue weighted by Crippen LogP contribution is -2.14. The van der Waals surface area contributed by atoms with Gasteiger partial charge in [0.15, 0.2) is 5.65 Å². The van der Waals surface area contributed by atoms with Crippen molar-refractivity contribution in [1.29, 1.82) is 0 Å². The third kappa shape index (κ3) is 1.64. The normalized spacial score (nSPS) is 13.6. The molecular formula is C12H18N4. The number of anilines is 1. The van der Waals surface area contributed by atoms with Crippen LogP contribution in [0.5, 0.6) is 0 Å². The van der Waals surface area contributed by atoms with Gasteiger partial charge in [0.1, 0.15) is 5.52 Å². The summed E-state index contributed by atoms with van der Waals surface area (Å²) < 4.78 is 2.02. The molecular weight excluding hydrogens is 200 g/mol. The Morgan fingerprint density at radius 2 is 1.88 bits per heavy atom. The summed E-state index contributed by atoms with van der Waals surface area (Å²) >= 11 is 0. The fourth-order valence-electron chi connectivity index (χ4n) is 1.79. The van der Waals surface area contributed by atoms with E-state index in [0.717, 1.165) is 16.9 Å². The van der Waals surface area contributed by atoms with Crippen molar-refractivity contribution >= 4 is 17.1 Å². The van der Waals surface area contributed by atoms with E-state index in [1.54, 1.807) is 0 Å². The molecule has 16 heavy (non-hydrogen) atoms. The minimum atomic E-state index is 0.305. The zero-order valence-corrected chi connectivity index (χ0v) is 10.2. The van der Waals surface area contributed by atoms with Crippen LogP contribution in [0.1, 0.15) is 32.5 Å². The van der Waals surface area contributed by atoms with Crippen LogP contribution in [0.25, 0.3) is 11.2 Å². The van der Waals surface area contributed by atoms with Crippen LogP contribution < -0.4 is 5.73 Å². The van der Waals surface area contributed by atoms with Crippen LogP contribution in [0.3, 0.4) is 0 Å². The molecule has 4 heteroatoms. The molecule has 0 radical (unpaired) electrons. The van der Waals surface area contributed by atoms with E-state index >= 15 is 0 Å². The van der Waals surface area contributed by atoms with Crippen LogP contribution >= 0.6 is 0 Å². The average Bonchev–Trinajstić information content (AvgIpc) is 2.52. The molecule has 1 unspecified atom stereocenters. The van der Waals surface area contributed by atoms with E-state index < -0.39 is 0 Å². The number of nitrogens with two attached hydrogens (primary N) is 1. The summed E-state index contributed by atoms with van der Waals surface area (Å²) in [4.78, 5) is 8.86. The van der Waals surface area contributed by atoms with Crippen molar-refractivity contribution < 1.29 is 0 Å². The highest BCUT2D eigenvalue weighted by Crippen LogP contribution is 2.25. The molecule has 0 aliphatic heterocycles. The van der Waals surface area contributed by atoms with Gasteiger partial charge in [-0.25, -0.2) is 9.97 Å². The quantitative estimate of drug-likeness (QED) is 0.842. The Hall–Kier alpha value is -1.58. The Kier molecular flexibility index (Phi) is 2.58. The maximum Gasteiger partial charge on any atom is 0.202 e. The van der Waals surface area contributed by atoms with E-state index in [1.165, 1.54) is 0 Å². The lowest BCUT2D eigenvalue weighted by Gasteiger charge is -2.18. The van der Waals surface area contributed by atoms with E-state index in [-0.39, 0.29) is 0 Å². The molecule has 0 fully saturated rings. The third-order valence-corrected chi connectivity index (χ3v) is 3.08. The van der Waals surface area contributed by atoms with E-state index in [4.69, 9.17) is 5.73 Å². The van der Waals surface area contributed by atoms with E-state index in [9.17, 15) is 0 Å². The lowest BCUT2D eigenvalue weighted by molar-refractivity contribution is 0.419. The van der Waals surface area contributed by atoms with Crippen molar-refractivity contribution in [2.24, 2.45) is 5.92 Å². The zero-order chi connectivity index (χ0) is 11.9. The predicted molar refractivity (Wildman–Crippen MR) is 66.2 cm³/mol. The molecule has 0 bridgehead atoms. The van der Waals surface area contributed by atoms with Crippen LogP contribution in [-0.2, 0) is 0 Å². The number of aromatic nitrogens is 3. The lowest BCUT2D eigenvalue weighted by atomic mass is 10.1. The number of aryl methyl sites for hydroxylation is 1. The first-order valence-corrected chi connectivity index (χ1v) is 5.61. The molecule has 0 amide bonds. The van der Waals surface area contributed by atoms with Crippen molar-refractivity contribution in [3.05, 3.63) is 17.8 Å². The molecule has 4 nitrogen and oxygen atoms in total. The van der Waals surface area contributed by atoms with Gasteiger partial charge in [0.25, 0.3) is 0 Å². The molecule has 2 heterocycles. The van der Waals surface area contributed by atoms with Gasteiger partial charge in [-0.3, -0.25) is 4.57 Å². The van der Waals surface area contributed by atoms with Crippen LogP contribution in [0.4, 0.5) is 5.95 Å². The number of rotatable bonds is 2. The number of nitrogens with zero attached hydrogens (tertiary/aromatic N) is 3.